The topological polar surface area (TPSA) is 430 Å². The number of nitrogens with zero attached hydrogens (tertiary/aromatic N) is 8. The van der Waals surface area contributed by atoms with Crippen LogP contribution in [0.5, 0.6) is 0 Å². The average molecular weight is 2190 g/mol. The van der Waals surface area contributed by atoms with E-state index in [2.05, 4.69) is 127 Å². The fraction of sp³-hybridized carbons (Fsp3) is 0.541. The van der Waals surface area contributed by atoms with E-state index in [4.69, 9.17) is 54.0 Å². The third-order valence-electron chi connectivity index (χ3n) is 20.7. The normalized spacial score (nSPS) is 14.9. The minimum atomic E-state index is -1.06. The summed E-state index contributed by atoms with van der Waals surface area (Å²) < 4.78 is 46.2. The van der Waals surface area contributed by atoms with E-state index in [9.17, 15) is 62.3 Å². The van der Waals surface area contributed by atoms with Gasteiger partial charge in [0.2, 0.25) is 0 Å². The summed E-state index contributed by atoms with van der Waals surface area (Å²) in [6.45, 7) is 52.5. The van der Waals surface area contributed by atoms with Gasteiger partial charge < -0.3 is 78.3 Å². The second kappa shape index (κ2) is 70.6. The van der Waals surface area contributed by atoms with Gasteiger partial charge in [-0.3, -0.25) is 53.2 Å². The number of alkyl halides is 1. The molecule has 0 saturated carbocycles. The zero-order chi connectivity index (χ0) is 106. The number of aromatic amines is 1. The lowest BCUT2D eigenvalue weighted by atomic mass is 9.96. The van der Waals surface area contributed by atoms with Crippen LogP contribution in [0.1, 0.15) is 267 Å². The number of nitrogens with one attached hydrogen (secondary N) is 3. The van der Waals surface area contributed by atoms with Gasteiger partial charge >= 0.3 is 48.5 Å². The van der Waals surface area contributed by atoms with Crippen molar-refractivity contribution >= 4 is 133 Å². The second-order valence-electron chi connectivity index (χ2n) is 38.3. The average Bonchev–Trinajstić information content (AvgIpc) is 0.763. The highest BCUT2D eigenvalue weighted by Crippen LogP contribution is 2.32. The van der Waals surface area contributed by atoms with Crippen molar-refractivity contribution in [3.63, 3.8) is 0 Å². The summed E-state index contributed by atoms with van der Waals surface area (Å²) in [6, 6.07) is 50.5. The molecule has 825 valence electrons. The molecule has 12 rings (SSSR count). The molecule has 3 saturated heterocycles. The number of rotatable bonds is 16. The Morgan fingerprint density at radius 1 is 0.459 bits per heavy atom. The molecule has 2 aromatic heterocycles. The summed E-state index contributed by atoms with van der Waals surface area (Å²) in [6.07, 6.45) is -1.28. The molecule has 5 aromatic carbocycles. The number of aryl methyl sites for hydroxylation is 2. The van der Waals surface area contributed by atoms with E-state index >= 15 is 0 Å². The Labute approximate surface area is 906 Å². The van der Waals surface area contributed by atoms with E-state index in [0.717, 1.165) is 29.1 Å². The van der Waals surface area contributed by atoms with E-state index in [0.29, 0.717) is 106 Å². The van der Waals surface area contributed by atoms with Gasteiger partial charge in [0, 0.05) is 99.4 Å². The van der Waals surface area contributed by atoms with Gasteiger partial charge in [0.05, 0.1) is 72.1 Å². The highest BCUT2D eigenvalue weighted by atomic mass is 79.9. The van der Waals surface area contributed by atoms with Crippen LogP contribution in [-0.4, -0.2) is 244 Å². The minimum absolute atomic E-state index is 0. The lowest BCUT2D eigenvalue weighted by Gasteiger charge is -2.32. The van der Waals surface area contributed by atoms with E-state index in [1.165, 1.54) is 48.1 Å². The van der Waals surface area contributed by atoms with Gasteiger partial charge in [0.1, 0.15) is 69.0 Å². The van der Waals surface area contributed by atoms with Gasteiger partial charge in [-0.25, -0.2) is 33.9 Å². The quantitative estimate of drug-likeness (QED) is 0.0133. The summed E-state index contributed by atoms with van der Waals surface area (Å²) in [5.41, 5.74) is 9.75. The molecule has 3 amide bonds. The largest absolute Gasteiger partial charge is 0.519 e. The second-order valence-corrected chi connectivity index (χ2v) is 39.2. The molecule has 5 aliphatic rings. The number of piperidine rings is 3. The molecule has 0 aliphatic carbocycles. The molecule has 7 aromatic rings. The number of nitrogens with two attached hydrogens (primary N) is 1. The van der Waals surface area contributed by atoms with Crippen LogP contribution in [0.25, 0.3) is 0 Å². The number of hydrogen-bond donors (Lipinski definition) is 4. The highest BCUT2D eigenvalue weighted by Gasteiger charge is 2.40. The minimum Gasteiger partial charge on any atom is -0.465 e. The monoisotopic (exact) mass is 2190 g/mol. The number of ketones is 3. The molecule has 0 bridgehead atoms. The fourth-order valence-electron chi connectivity index (χ4n) is 14.2. The van der Waals surface area contributed by atoms with E-state index in [-0.39, 0.29) is 153 Å². The first-order valence-corrected chi connectivity index (χ1v) is 48.8. The summed E-state index contributed by atoms with van der Waals surface area (Å²) >= 11 is 3.69. The lowest BCUT2D eigenvalue weighted by Crippen LogP contribution is -2.48. The van der Waals surface area contributed by atoms with Crippen molar-refractivity contribution in [2.24, 2.45) is 23.5 Å². The Hall–Kier alpha value is -11.4. The third-order valence-corrected chi connectivity index (χ3v) is 21.8. The number of amidine groups is 1. The van der Waals surface area contributed by atoms with Crippen molar-refractivity contribution < 1.29 is 95.4 Å². The number of aromatic nitrogens is 4. The number of carbonyl (C=O) groups excluding carboxylic acids is 11. The Bertz CT molecular complexity index is 5180. The number of halogens is 4. The van der Waals surface area contributed by atoms with Gasteiger partial charge in [0.15, 0.2) is 5.78 Å². The zero-order valence-electron chi connectivity index (χ0n) is 88.7. The first-order valence-electron chi connectivity index (χ1n) is 47.8. The van der Waals surface area contributed by atoms with E-state index in [1.807, 2.05) is 139 Å². The molecular weight excluding hydrogens is 2030 g/mol. The van der Waals surface area contributed by atoms with Crippen molar-refractivity contribution in [2.45, 2.75) is 279 Å². The van der Waals surface area contributed by atoms with Crippen LogP contribution in [0.2, 0.25) is 0 Å². The smallest absolute Gasteiger partial charge is 0.465 e. The predicted molar refractivity (Wildman–Crippen MR) is 591 cm³/mol. The Morgan fingerprint density at radius 3 is 1.16 bits per heavy atom. The van der Waals surface area contributed by atoms with Crippen LogP contribution < -0.4 is 22.2 Å². The number of carbonyl (C=O) groups is 11. The van der Waals surface area contributed by atoms with E-state index in [1.54, 1.807) is 104 Å². The summed E-state index contributed by atoms with van der Waals surface area (Å²) in [5, 5.41) is 9.26. The number of Topliss-reactive ketones (excluding diaryl/α,β-unsaturated/α-hetero) is 3. The third kappa shape index (κ3) is 53.7. The van der Waals surface area contributed by atoms with Gasteiger partial charge in [-0.1, -0.05) is 211 Å². The Morgan fingerprint density at radius 2 is 0.791 bits per heavy atom. The predicted octanol–water partition coefficient (Wildman–Crippen LogP) is 19.7. The van der Waals surface area contributed by atoms with Crippen LogP contribution in [0, 0.1) is 37.0 Å². The molecule has 0 spiro atoms. The number of hydrogen-bond acceptors (Lipinski definition) is 28. The summed E-state index contributed by atoms with van der Waals surface area (Å²) in [4.78, 5) is 174. The van der Waals surface area contributed by atoms with Gasteiger partial charge in [-0.2, -0.15) is 0 Å². The molecule has 3 fully saturated rings. The standard InChI is InChI=1S/C26H29N3O3.C15H19NO3.C13H11Br.C13H19N3O3.C13H21NO5.C10H18O5.C8H13NO3.C6H15N.C2H6N2.3CH4.B.3ClH/c1-18-27-22-15-16-28(25(31)32-26(2,3)4)17-21(22)24(30)29(18)23(19-11-7-5-8-12-19)20-13-9-6-10-14-20;1-2-19-15(18)13-11-16(9-8-14(13)17)10-12-6-4-3-5-7-12;14-13(11-7-3-1-4-8-11)12-9-5-2-6-10-12;1-8-14-10-5-6-16(7-9(10)11(17)15-8)12(18)19-13(2,3)4;1-5-18-11(16)9-8-14(7-6-10(9)15)12(17)19-13(2,3)4;1-9(2,3)14-7(11)13-8(12)15-10(4,5)6;1-2-12-8(11)6-5-9-4-3-7(6)10;1-4-7(5-2)6-3;1-2(3)4;;;;;;;/h5-14,23H,15-17H2,1-4H3;3-7,13H,2,8-11H2,1H3;1-10,13H;5-7H2,1-4H3,(H,14,15,17);9H,5-8H2,1-4H3;1-6H3;6,9H,2-5H2,1H3;4-6H2,1-3H3;1H3,(H3,3,4);3*1H4;;3*1H. The molecule has 5 N–H and O–H groups in total. The van der Waals surface area contributed by atoms with Crippen molar-refractivity contribution in [3.05, 3.63) is 234 Å². The first-order chi connectivity index (χ1) is 66.2. The van der Waals surface area contributed by atoms with Crippen LogP contribution in [0.3, 0.4) is 0 Å². The SMILES string of the molecule is BrC(c1ccccc1)c1ccccc1.C.C.C.CC(=N)N.CC(C)(C)OC(=O)OC(=O)OC(C)(C)C.CCN(CC)CC.CCOC(=O)C1CN(C(=O)OC(C)(C)C)CCC1=O.CCOC(=O)C1CN(Cc2ccccc2)CCC1=O.CCOC(=O)C1CNCCC1=O.Cc1nc2c(c(=O)[nH]1)CN(C(=O)OC(C)(C)C)CC2.Cc1nc2c(c(=O)n1C(c1ccccc1)c1ccccc1)CN(C(=O)OC(C)(C)C)CC2.Cl.Cl.Cl.[B]. The van der Waals surface area contributed by atoms with Crippen LogP contribution in [0.4, 0.5) is 24.0 Å². The molecule has 3 radical (unpaired) electrons. The van der Waals surface area contributed by atoms with Crippen LogP contribution >= 0.6 is 53.2 Å². The molecule has 34 nitrogen and oxygen atoms in total. The van der Waals surface area contributed by atoms with Crippen molar-refractivity contribution in [1.29, 1.82) is 5.41 Å². The maximum absolute atomic E-state index is 13.8. The number of esters is 3. The zero-order valence-corrected chi connectivity index (χ0v) is 92.7. The molecule has 3 unspecified atom stereocenters. The number of likely N-dealkylation sites (tertiary alicyclic amines) is 2. The number of benzene rings is 5. The maximum Gasteiger partial charge on any atom is 0.519 e. The number of H-pyrrole nitrogens is 1. The van der Waals surface area contributed by atoms with Crippen molar-refractivity contribution in [2.75, 3.05) is 91.8 Å². The summed E-state index contributed by atoms with van der Waals surface area (Å²) in [5.74, 6) is -2.17. The lowest BCUT2D eigenvalue weighted by molar-refractivity contribution is -0.155. The molecule has 7 heterocycles. The van der Waals surface area contributed by atoms with E-state index < -0.39 is 88.3 Å². The van der Waals surface area contributed by atoms with Crippen molar-refractivity contribution in [1.82, 2.24) is 49.3 Å². The molecular formula is C109H166BBrCl3N12O22. The Kier molecular flexibility index (Phi) is 68.1. The van der Waals surface area contributed by atoms with Crippen LogP contribution in [0.15, 0.2) is 161 Å². The molecule has 148 heavy (non-hydrogen) atoms. The number of amides is 3. The summed E-state index contributed by atoms with van der Waals surface area (Å²) in [7, 11) is 0. The number of ether oxygens (including phenoxy) is 9. The Balaban J connectivity index is -0.000000812. The number of fused-ring (bicyclic) bond motifs is 2. The fourth-order valence-corrected chi connectivity index (χ4v) is 14.8. The van der Waals surface area contributed by atoms with Gasteiger partial charge in [-0.05, 0) is 193 Å². The molecule has 3 atom stereocenters. The van der Waals surface area contributed by atoms with Gasteiger partial charge in [-0.15, -0.1) is 37.2 Å². The molecule has 39 heteroatoms. The van der Waals surface area contributed by atoms with Crippen LogP contribution in [-0.2, 0) is 104 Å². The van der Waals surface area contributed by atoms with Gasteiger partial charge in [0.25, 0.3) is 11.1 Å². The van der Waals surface area contributed by atoms with Crippen molar-refractivity contribution in [3.8, 4) is 0 Å². The molecule has 5 aliphatic heterocycles. The first kappa shape index (κ1) is 143. The highest BCUT2D eigenvalue weighted by molar-refractivity contribution is 9.09. The maximum atomic E-state index is 13.8.